The molecule has 0 aliphatic carbocycles. The van der Waals surface area contributed by atoms with Crippen molar-refractivity contribution in [3.63, 3.8) is 0 Å². The maximum absolute atomic E-state index is 12.1. The molecule has 1 aromatic carbocycles. The normalized spacial score (nSPS) is 17.9. The molecule has 0 spiro atoms. The molecule has 1 heterocycles. The Morgan fingerprint density at radius 3 is 2.80 bits per heavy atom. The van der Waals surface area contributed by atoms with Crippen LogP contribution in [0, 0.1) is 11.8 Å². The van der Waals surface area contributed by atoms with Gasteiger partial charge < -0.3 is 10.4 Å². The summed E-state index contributed by atoms with van der Waals surface area (Å²) in [5, 5.41) is 11.7. The summed E-state index contributed by atoms with van der Waals surface area (Å²) in [6.45, 7) is 0.0835. The molecule has 1 amide bonds. The number of benzene rings is 1. The topological polar surface area (TPSA) is 49.3 Å². The number of carbonyl (C=O) groups excluding carboxylic acids is 1. The lowest BCUT2D eigenvalue weighted by atomic mass is 10.1. The standard InChI is InChI=1S/C16H19NO2S/c18-11-3-1-5-13-7-9-14(10-8-13)17-16(19)15-6-2-4-12-20-15/h7-10,15,18H,2-4,6,11-12H2,(H,17,19). The molecule has 1 fully saturated rings. The van der Waals surface area contributed by atoms with E-state index in [1.54, 1.807) is 11.8 Å². The van der Waals surface area contributed by atoms with Crippen molar-refractivity contribution >= 4 is 23.4 Å². The monoisotopic (exact) mass is 289 g/mol. The fourth-order valence-electron chi connectivity index (χ4n) is 2.03. The molecule has 0 aromatic heterocycles. The second-order valence-corrected chi connectivity index (χ2v) is 6.01. The molecule has 106 valence electrons. The highest BCUT2D eigenvalue weighted by molar-refractivity contribution is 8.00. The number of aliphatic hydroxyl groups excluding tert-OH is 1. The lowest BCUT2D eigenvalue weighted by molar-refractivity contribution is -0.115. The number of carbonyl (C=O) groups is 1. The first-order valence-corrected chi connectivity index (χ1v) is 7.97. The summed E-state index contributed by atoms with van der Waals surface area (Å²) < 4.78 is 0. The highest BCUT2D eigenvalue weighted by atomic mass is 32.2. The summed E-state index contributed by atoms with van der Waals surface area (Å²) in [6.07, 6.45) is 3.82. The van der Waals surface area contributed by atoms with Crippen LogP contribution in [0.4, 0.5) is 5.69 Å². The van der Waals surface area contributed by atoms with Crippen molar-refractivity contribution < 1.29 is 9.90 Å². The van der Waals surface area contributed by atoms with Gasteiger partial charge in [0.25, 0.3) is 0 Å². The molecule has 2 rings (SSSR count). The highest BCUT2D eigenvalue weighted by Gasteiger charge is 2.21. The molecule has 1 atom stereocenters. The van der Waals surface area contributed by atoms with Crippen molar-refractivity contribution in [2.45, 2.75) is 30.9 Å². The highest BCUT2D eigenvalue weighted by Crippen LogP contribution is 2.26. The van der Waals surface area contributed by atoms with Crippen LogP contribution in [0.3, 0.4) is 0 Å². The summed E-state index contributed by atoms with van der Waals surface area (Å²) in [5.74, 6) is 7.02. The van der Waals surface area contributed by atoms with E-state index in [0.29, 0.717) is 6.42 Å². The van der Waals surface area contributed by atoms with Gasteiger partial charge in [0, 0.05) is 17.7 Å². The van der Waals surface area contributed by atoms with E-state index in [9.17, 15) is 4.79 Å². The summed E-state index contributed by atoms with van der Waals surface area (Å²) in [5.41, 5.74) is 1.71. The predicted octanol–water partition coefficient (Wildman–Crippen LogP) is 2.64. The molecule has 0 bridgehead atoms. The van der Waals surface area contributed by atoms with Crippen LogP contribution in [0.15, 0.2) is 24.3 Å². The fraction of sp³-hybridized carbons (Fsp3) is 0.438. The van der Waals surface area contributed by atoms with E-state index in [-0.39, 0.29) is 17.8 Å². The molecule has 4 heteroatoms. The Morgan fingerprint density at radius 2 is 2.15 bits per heavy atom. The SMILES string of the molecule is O=C(Nc1ccc(C#CCCO)cc1)C1CCCCS1. The Hall–Kier alpha value is -1.44. The molecule has 2 N–H and O–H groups in total. The fourth-order valence-corrected chi connectivity index (χ4v) is 3.23. The van der Waals surface area contributed by atoms with Gasteiger partial charge in [0.15, 0.2) is 0 Å². The number of rotatable bonds is 3. The van der Waals surface area contributed by atoms with Crippen LogP contribution in [0.5, 0.6) is 0 Å². The van der Waals surface area contributed by atoms with Crippen molar-refractivity contribution in [3.05, 3.63) is 29.8 Å². The number of hydrogen-bond acceptors (Lipinski definition) is 3. The molecule has 0 radical (unpaired) electrons. The summed E-state index contributed by atoms with van der Waals surface area (Å²) in [4.78, 5) is 12.1. The molecule has 1 aromatic rings. The maximum atomic E-state index is 12.1. The van der Waals surface area contributed by atoms with Crippen LogP contribution in [-0.4, -0.2) is 28.6 Å². The molecule has 3 nitrogen and oxygen atoms in total. The first-order chi connectivity index (χ1) is 9.79. The number of hydrogen-bond donors (Lipinski definition) is 2. The van der Waals surface area contributed by atoms with Crippen LogP contribution in [-0.2, 0) is 4.79 Å². The Morgan fingerprint density at radius 1 is 1.35 bits per heavy atom. The molecule has 1 saturated heterocycles. The van der Waals surface area contributed by atoms with Crippen molar-refractivity contribution in [1.82, 2.24) is 0 Å². The van der Waals surface area contributed by atoms with Gasteiger partial charge in [0.1, 0.15) is 0 Å². The lowest BCUT2D eigenvalue weighted by Crippen LogP contribution is -2.27. The summed E-state index contributed by atoms with van der Waals surface area (Å²) in [6, 6.07) is 7.50. The van der Waals surface area contributed by atoms with Gasteiger partial charge in [-0.15, -0.1) is 11.8 Å². The van der Waals surface area contributed by atoms with Crippen LogP contribution < -0.4 is 5.32 Å². The van der Waals surface area contributed by atoms with Crippen molar-refractivity contribution in [2.75, 3.05) is 17.7 Å². The average Bonchev–Trinajstić information content (AvgIpc) is 2.50. The molecule has 0 saturated carbocycles. The molecular formula is C16H19NO2S. The van der Waals surface area contributed by atoms with Gasteiger partial charge in [-0.05, 0) is 42.9 Å². The average molecular weight is 289 g/mol. The first-order valence-electron chi connectivity index (χ1n) is 6.92. The van der Waals surface area contributed by atoms with Gasteiger partial charge in [-0.3, -0.25) is 4.79 Å². The second kappa shape index (κ2) is 7.98. The molecule has 20 heavy (non-hydrogen) atoms. The van der Waals surface area contributed by atoms with Crippen molar-refractivity contribution in [1.29, 1.82) is 0 Å². The van der Waals surface area contributed by atoms with Crippen LogP contribution in [0.2, 0.25) is 0 Å². The Balaban J connectivity index is 1.90. The maximum Gasteiger partial charge on any atom is 0.237 e. The number of anilines is 1. The van der Waals surface area contributed by atoms with E-state index in [4.69, 9.17) is 5.11 Å². The number of thioether (sulfide) groups is 1. The van der Waals surface area contributed by atoms with Gasteiger partial charge in [-0.25, -0.2) is 0 Å². The van der Waals surface area contributed by atoms with Crippen molar-refractivity contribution in [2.24, 2.45) is 0 Å². The van der Waals surface area contributed by atoms with Crippen LogP contribution in [0.1, 0.15) is 31.2 Å². The smallest absolute Gasteiger partial charge is 0.237 e. The van der Waals surface area contributed by atoms with Crippen LogP contribution in [0.25, 0.3) is 0 Å². The molecule has 1 aliphatic heterocycles. The summed E-state index contributed by atoms with van der Waals surface area (Å²) in [7, 11) is 0. The minimum Gasteiger partial charge on any atom is -0.395 e. The Bertz CT molecular complexity index is 495. The Labute approximate surface area is 124 Å². The molecular weight excluding hydrogens is 270 g/mol. The van der Waals surface area contributed by atoms with E-state index < -0.39 is 0 Å². The quantitative estimate of drug-likeness (QED) is 0.841. The lowest BCUT2D eigenvalue weighted by Gasteiger charge is -2.20. The number of aliphatic hydroxyl groups is 1. The van der Waals surface area contributed by atoms with Crippen LogP contribution >= 0.6 is 11.8 Å². The second-order valence-electron chi connectivity index (χ2n) is 4.70. The van der Waals surface area contributed by atoms with E-state index in [2.05, 4.69) is 17.2 Å². The number of amides is 1. The van der Waals surface area contributed by atoms with E-state index in [1.165, 1.54) is 6.42 Å². The zero-order chi connectivity index (χ0) is 14.2. The van der Waals surface area contributed by atoms with Gasteiger partial charge in [-0.2, -0.15) is 0 Å². The third kappa shape index (κ3) is 4.59. The molecule has 1 unspecified atom stereocenters. The third-order valence-electron chi connectivity index (χ3n) is 3.09. The van der Waals surface area contributed by atoms with Gasteiger partial charge in [0.2, 0.25) is 5.91 Å². The zero-order valence-electron chi connectivity index (χ0n) is 11.4. The minimum atomic E-state index is 0.0835. The van der Waals surface area contributed by atoms with E-state index in [1.807, 2.05) is 24.3 Å². The third-order valence-corrected chi connectivity index (χ3v) is 4.47. The van der Waals surface area contributed by atoms with E-state index in [0.717, 1.165) is 29.8 Å². The van der Waals surface area contributed by atoms with Crippen molar-refractivity contribution in [3.8, 4) is 11.8 Å². The summed E-state index contributed by atoms with van der Waals surface area (Å²) >= 11 is 1.75. The van der Waals surface area contributed by atoms with Gasteiger partial charge >= 0.3 is 0 Å². The predicted molar refractivity (Wildman–Crippen MR) is 83.7 cm³/mol. The zero-order valence-corrected chi connectivity index (χ0v) is 12.2. The van der Waals surface area contributed by atoms with Gasteiger partial charge in [-0.1, -0.05) is 18.3 Å². The minimum absolute atomic E-state index is 0.0835. The first kappa shape index (κ1) is 15.0. The Kier molecular flexibility index (Phi) is 5.97. The largest absolute Gasteiger partial charge is 0.395 e. The molecule has 1 aliphatic rings. The van der Waals surface area contributed by atoms with Gasteiger partial charge in [0.05, 0.1) is 11.9 Å². The number of nitrogens with one attached hydrogen (secondary N) is 1. The van der Waals surface area contributed by atoms with E-state index >= 15 is 0 Å².